The van der Waals surface area contributed by atoms with Crippen LogP contribution in [-0.2, 0) is 12.8 Å². The van der Waals surface area contributed by atoms with Crippen LogP contribution in [0.5, 0.6) is 0 Å². The van der Waals surface area contributed by atoms with Crippen molar-refractivity contribution in [1.29, 1.82) is 0 Å². The lowest BCUT2D eigenvalue weighted by atomic mass is 9.65. The van der Waals surface area contributed by atoms with E-state index in [9.17, 15) is 0 Å². The molecule has 96 valence electrons. The summed E-state index contributed by atoms with van der Waals surface area (Å²) in [6.07, 6.45) is 8.53. The summed E-state index contributed by atoms with van der Waals surface area (Å²) in [4.78, 5) is 0. The zero-order valence-corrected chi connectivity index (χ0v) is 11.1. The van der Waals surface area contributed by atoms with Gasteiger partial charge in [-0.1, -0.05) is 24.3 Å². The summed E-state index contributed by atoms with van der Waals surface area (Å²) in [6.45, 7) is 2.51. The molecule has 2 fully saturated rings. The van der Waals surface area contributed by atoms with Crippen LogP contribution in [0.1, 0.15) is 36.8 Å². The largest absolute Gasteiger partial charge is 0.317 e. The lowest BCUT2D eigenvalue weighted by Gasteiger charge is -2.43. The molecule has 1 aliphatic heterocycles. The maximum Gasteiger partial charge on any atom is -0.00434 e. The molecule has 2 unspecified atom stereocenters. The summed E-state index contributed by atoms with van der Waals surface area (Å²) in [5.74, 6) is 1.93. The van der Waals surface area contributed by atoms with Crippen molar-refractivity contribution >= 4 is 0 Å². The van der Waals surface area contributed by atoms with Crippen LogP contribution in [0.25, 0.3) is 0 Å². The predicted octanol–water partition coefficient (Wildman–Crippen LogP) is 3.18. The highest BCUT2D eigenvalue weighted by Gasteiger charge is 2.51. The molecule has 2 bridgehead atoms. The number of fused-ring (bicyclic) bond motifs is 1. The minimum absolute atomic E-state index is 0.685. The molecule has 1 spiro atoms. The molecular weight excluding hydrogens is 218 g/mol. The van der Waals surface area contributed by atoms with E-state index in [1.165, 1.54) is 51.6 Å². The second kappa shape index (κ2) is 4.09. The first-order valence-electron chi connectivity index (χ1n) is 7.66. The van der Waals surface area contributed by atoms with Gasteiger partial charge < -0.3 is 5.32 Å². The molecule has 1 aromatic carbocycles. The Kier molecular flexibility index (Phi) is 2.51. The van der Waals surface area contributed by atoms with Gasteiger partial charge >= 0.3 is 0 Å². The van der Waals surface area contributed by atoms with E-state index in [0.29, 0.717) is 5.41 Å². The fourth-order valence-electron chi connectivity index (χ4n) is 5.12. The molecule has 18 heavy (non-hydrogen) atoms. The van der Waals surface area contributed by atoms with E-state index in [0.717, 1.165) is 11.8 Å². The minimum atomic E-state index is 0.685. The number of piperidine rings is 1. The van der Waals surface area contributed by atoms with Gasteiger partial charge in [-0.25, -0.2) is 0 Å². The minimum Gasteiger partial charge on any atom is -0.317 e. The van der Waals surface area contributed by atoms with Crippen molar-refractivity contribution in [3.05, 3.63) is 35.4 Å². The van der Waals surface area contributed by atoms with E-state index in [2.05, 4.69) is 29.6 Å². The van der Waals surface area contributed by atoms with Crippen LogP contribution in [0.2, 0.25) is 0 Å². The maximum absolute atomic E-state index is 3.57. The highest BCUT2D eigenvalue weighted by Crippen LogP contribution is 2.57. The van der Waals surface area contributed by atoms with Crippen molar-refractivity contribution in [2.24, 2.45) is 17.3 Å². The van der Waals surface area contributed by atoms with Gasteiger partial charge in [0.15, 0.2) is 0 Å². The van der Waals surface area contributed by atoms with E-state index in [1.54, 1.807) is 11.1 Å². The average Bonchev–Trinajstić information content (AvgIpc) is 2.63. The smallest absolute Gasteiger partial charge is 0.00434 e. The fraction of sp³-hybridized carbons (Fsp3) is 0.647. The third kappa shape index (κ3) is 1.50. The topological polar surface area (TPSA) is 12.0 Å². The van der Waals surface area contributed by atoms with Crippen LogP contribution in [-0.4, -0.2) is 13.1 Å². The summed E-state index contributed by atoms with van der Waals surface area (Å²) >= 11 is 0. The van der Waals surface area contributed by atoms with E-state index in [-0.39, 0.29) is 0 Å². The van der Waals surface area contributed by atoms with Crippen LogP contribution in [0.15, 0.2) is 24.3 Å². The summed E-state index contributed by atoms with van der Waals surface area (Å²) in [6, 6.07) is 9.22. The van der Waals surface area contributed by atoms with Gasteiger partial charge in [0.05, 0.1) is 0 Å². The molecule has 1 heteroatoms. The van der Waals surface area contributed by atoms with Gasteiger partial charge in [0.2, 0.25) is 0 Å². The summed E-state index contributed by atoms with van der Waals surface area (Å²) in [7, 11) is 0. The van der Waals surface area contributed by atoms with Crippen molar-refractivity contribution in [2.45, 2.75) is 38.5 Å². The molecule has 4 rings (SSSR count). The number of nitrogens with one attached hydrogen (secondary N) is 1. The van der Waals surface area contributed by atoms with E-state index < -0.39 is 0 Å². The van der Waals surface area contributed by atoms with Crippen molar-refractivity contribution in [2.75, 3.05) is 13.1 Å². The van der Waals surface area contributed by atoms with E-state index in [1.807, 2.05) is 0 Å². The molecular formula is C17H23N. The SMILES string of the molecule is c1ccc2c(c1)CC1CCC(C2)C12CCNCC2. The maximum atomic E-state index is 3.57. The Morgan fingerprint density at radius 2 is 1.44 bits per heavy atom. The monoisotopic (exact) mass is 241 g/mol. The Morgan fingerprint density at radius 3 is 2.00 bits per heavy atom. The quantitative estimate of drug-likeness (QED) is 0.735. The first kappa shape index (κ1) is 11.0. The lowest BCUT2D eigenvalue weighted by Crippen LogP contribution is -2.43. The Hall–Kier alpha value is -0.820. The summed E-state index contributed by atoms with van der Waals surface area (Å²) < 4.78 is 0. The van der Waals surface area contributed by atoms with Crippen molar-refractivity contribution in [1.82, 2.24) is 5.32 Å². The molecule has 1 saturated heterocycles. The third-order valence-corrected chi connectivity index (χ3v) is 6.08. The second-order valence-corrected chi connectivity index (χ2v) is 6.63. The van der Waals surface area contributed by atoms with Gasteiger partial charge in [-0.2, -0.15) is 0 Å². The van der Waals surface area contributed by atoms with Crippen LogP contribution in [0.3, 0.4) is 0 Å². The molecule has 1 heterocycles. The Labute approximate surface area is 110 Å². The van der Waals surface area contributed by atoms with Crippen molar-refractivity contribution < 1.29 is 0 Å². The van der Waals surface area contributed by atoms with E-state index >= 15 is 0 Å². The van der Waals surface area contributed by atoms with Crippen LogP contribution < -0.4 is 5.32 Å². The molecule has 1 aromatic rings. The third-order valence-electron chi connectivity index (χ3n) is 6.08. The first-order valence-corrected chi connectivity index (χ1v) is 7.66. The fourth-order valence-corrected chi connectivity index (χ4v) is 5.12. The normalized spacial score (nSPS) is 33.1. The molecule has 1 nitrogen and oxygen atoms in total. The number of hydrogen-bond acceptors (Lipinski definition) is 1. The average molecular weight is 241 g/mol. The Balaban J connectivity index is 1.74. The zero-order valence-electron chi connectivity index (χ0n) is 11.1. The predicted molar refractivity (Wildman–Crippen MR) is 74.6 cm³/mol. The van der Waals surface area contributed by atoms with Gasteiger partial charge in [-0.15, -0.1) is 0 Å². The van der Waals surface area contributed by atoms with E-state index in [4.69, 9.17) is 0 Å². The van der Waals surface area contributed by atoms with Gasteiger partial charge in [0, 0.05) is 0 Å². The van der Waals surface area contributed by atoms with Crippen molar-refractivity contribution in [3.8, 4) is 0 Å². The van der Waals surface area contributed by atoms with Gasteiger partial charge in [0.1, 0.15) is 0 Å². The first-order chi connectivity index (χ1) is 8.88. The second-order valence-electron chi connectivity index (χ2n) is 6.63. The molecule has 2 aliphatic carbocycles. The number of rotatable bonds is 0. The molecule has 0 radical (unpaired) electrons. The standard InChI is InChI=1S/C17H23N/c1-2-4-14-12-16-6-5-15(11-13(14)3-1)17(16)7-9-18-10-8-17/h1-4,15-16,18H,5-12H2. The molecule has 3 aliphatic rings. The van der Waals surface area contributed by atoms with Gasteiger partial charge in [-0.3, -0.25) is 0 Å². The van der Waals surface area contributed by atoms with Gasteiger partial charge in [-0.05, 0) is 80.0 Å². The van der Waals surface area contributed by atoms with Crippen LogP contribution >= 0.6 is 0 Å². The number of hydrogen-bond donors (Lipinski definition) is 1. The zero-order chi connectivity index (χ0) is 12.0. The lowest BCUT2D eigenvalue weighted by molar-refractivity contribution is 0.0865. The molecule has 2 atom stereocenters. The summed E-state index contributed by atoms with van der Waals surface area (Å²) in [5, 5.41) is 3.57. The summed E-state index contributed by atoms with van der Waals surface area (Å²) in [5.41, 5.74) is 4.00. The molecule has 1 N–H and O–H groups in total. The molecule has 0 amide bonds. The molecule has 0 aromatic heterocycles. The Morgan fingerprint density at radius 1 is 0.889 bits per heavy atom. The highest BCUT2D eigenvalue weighted by molar-refractivity contribution is 5.31. The molecule has 1 saturated carbocycles. The van der Waals surface area contributed by atoms with Crippen molar-refractivity contribution in [3.63, 3.8) is 0 Å². The van der Waals surface area contributed by atoms with Gasteiger partial charge in [0.25, 0.3) is 0 Å². The Bertz CT molecular complexity index is 410. The van der Waals surface area contributed by atoms with Crippen LogP contribution in [0, 0.1) is 17.3 Å². The van der Waals surface area contributed by atoms with Crippen LogP contribution in [0.4, 0.5) is 0 Å². The number of benzene rings is 1. The highest BCUT2D eigenvalue weighted by atomic mass is 14.9.